The van der Waals surface area contributed by atoms with E-state index in [1.54, 1.807) is 6.08 Å². The average Bonchev–Trinajstić information content (AvgIpc) is 2.66. The molecule has 0 spiro atoms. The van der Waals surface area contributed by atoms with Gasteiger partial charge in [0.25, 0.3) is 0 Å². The normalized spacial score (nSPS) is 25.7. The van der Waals surface area contributed by atoms with Gasteiger partial charge in [0.2, 0.25) is 5.72 Å². The Morgan fingerprint density at radius 3 is 2.74 bits per heavy atom. The number of rotatable bonds is 4. The summed E-state index contributed by atoms with van der Waals surface area (Å²) in [7, 11) is 0. The van der Waals surface area contributed by atoms with Gasteiger partial charge in [0.1, 0.15) is 18.3 Å². The van der Waals surface area contributed by atoms with Crippen molar-refractivity contribution in [3.05, 3.63) is 72.8 Å². The first kappa shape index (κ1) is 17.5. The number of hydrogen-bond acceptors (Lipinski definition) is 4. The number of nitrogens with one attached hydrogen (secondary N) is 1. The van der Waals surface area contributed by atoms with Gasteiger partial charge in [-0.05, 0) is 37.3 Å². The van der Waals surface area contributed by atoms with Crippen molar-refractivity contribution in [2.75, 3.05) is 11.5 Å². The first-order valence-electron chi connectivity index (χ1n) is 8.77. The van der Waals surface area contributed by atoms with E-state index in [2.05, 4.69) is 11.9 Å². The lowest BCUT2D eigenvalue weighted by atomic mass is 9.79. The van der Waals surface area contributed by atoms with Gasteiger partial charge in [0.05, 0.1) is 6.04 Å². The highest BCUT2D eigenvalue weighted by Crippen LogP contribution is 2.49. The smallest absolute Gasteiger partial charge is 0.317 e. The number of anilines is 1. The molecule has 0 amide bonds. The van der Waals surface area contributed by atoms with Crippen LogP contribution in [0.4, 0.5) is 5.69 Å². The van der Waals surface area contributed by atoms with Gasteiger partial charge < -0.3 is 14.8 Å². The minimum absolute atomic E-state index is 0.148. The predicted octanol–water partition coefficient (Wildman–Crippen LogP) is 3.58. The summed E-state index contributed by atoms with van der Waals surface area (Å²) in [5.74, 6) is -0.235. The van der Waals surface area contributed by atoms with Crippen molar-refractivity contribution in [2.24, 2.45) is 5.92 Å². The summed E-state index contributed by atoms with van der Waals surface area (Å²) in [6.45, 7) is 5.66. The molecule has 2 aliphatic heterocycles. The fourth-order valence-electron chi connectivity index (χ4n) is 3.89. The van der Waals surface area contributed by atoms with E-state index in [1.165, 1.54) is 0 Å². The van der Waals surface area contributed by atoms with Crippen LogP contribution in [0.2, 0.25) is 0 Å². The van der Waals surface area contributed by atoms with Gasteiger partial charge in [0.15, 0.2) is 5.11 Å². The lowest BCUT2D eigenvalue weighted by Crippen LogP contribution is -2.71. The second-order valence-electron chi connectivity index (χ2n) is 6.69. The minimum Gasteiger partial charge on any atom is -0.466 e. The molecular weight excluding hydrogens is 360 g/mol. The van der Waals surface area contributed by atoms with E-state index in [4.69, 9.17) is 21.7 Å². The first-order chi connectivity index (χ1) is 13.1. The number of carbonyl (C=O) groups is 1. The monoisotopic (exact) mass is 380 g/mol. The largest absolute Gasteiger partial charge is 0.466 e. The van der Waals surface area contributed by atoms with E-state index < -0.39 is 11.6 Å². The number of fused-ring (bicyclic) bond motifs is 4. The molecule has 0 saturated carbocycles. The van der Waals surface area contributed by atoms with Crippen LogP contribution in [-0.4, -0.2) is 23.4 Å². The van der Waals surface area contributed by atoms with Crippen LogP contribution in [-0.2, 0) is 9.53 Å². The molecule has 0 radical (unpaired) electrons. The minimum atomic E-state index is -1.03. The average molecular weight is 380 g/mol. The van der Waals surface area contributed by atoms with Gasteiger partial charge in [-0.1, -0.05) is 49.1 Å². The molecular formula is C21H20N2O3S. The lowest BCUT2D eigenvalue weighted by Gasteiger charge is -2.55. The molecule has 2 aromatic carbocycles. The van der Waals surface area contributed by atoms with Crippen LogP contribution < -0.4 is 15.0 Å². The van der Waals surface area contributed by atoms with Crippen LogP contribution in [0, 0.1) is 5.92 Å². The summed E-state index contributed by atoms with van der Waals surface area (Å²) < 4.78 is 11.8. The maximum Gasteiger partial charge on any atom is 0.317 e. The molecule has 1 fully saturated rings. The molecule has 0 unspecified atom stereocenters. The van der Waals surface area contributed by atoms with Crippen LogP contribution in [0.25, 0.3) is 0 Å². The Hall–Kier alpha value is -2.86. The number of nitrogens with zero attached hydrogens (tertiary/aromatic N) is 1. The molecule has 4 rings (SSSR count). The SMILES string of the molecule is C=CCOC(=O)[C@H]1[C@@H]2NC(=S)N(c3ccccc3)[C@]1(C)Oc1ccccc12. The van der Waals surface area contributed by atoms with Crippen molar-refractivity contribution in [1.82, 2.24) is 5.32 Å². The molecule has 1 saturated heterocycles. The summed E-state index contributed by atoms with van der Waals surface area (Å²) in [5.41, 5.74) is 0.712. The highest BCUT2D eigenvalue weighted by molar-refractivity contribution is 7.80. The number of carbonyl (C=O) groups excluding carboxylic acids is 1. The highest BCUT2D eigenvalue weighted by Gasteiger charge is 2.59. The Kier molecular flexibility index (Phi) is 4.36. The van der Waals surface area contributed by atoms with E-state index in [0.717, 1.165) is 17.0 Å². The van der Waals surface area contributed by atoms with E-state index in [9.17, 15) is 4.79 Å². The summed E-state index contributed by atoms with van der Waals surface area (Å²) >= 11 is 5.66. The third kappa shape index (κ3) is 2.77. The third-order valence-corrected chi connectivity index (χ3v) is 5.32. The van der Waals surface area contributed by atoms with Crippen LogP contribution in [0.3, 0.4) is 0 Å². The van der Waals surface area contributed by atoms with Gasteiger partial charge in [0, 0.05) is 11.3 Å². The molecule has 2 aromatic rings. The zero-order valence-electron chi connectivity index (χ0n) is 14.9. The Labute approximate surface area is 163 Å². The Morgan fingerprint density at radius 2 is 2.00 bits per heavy atom. The van der Waals surface area contributed by atoms with Crippen molar-refractivity contribution in [3.63, 3.8) is 0 Å². The number of para-hydroxylation sites is 2. The topological polar surface area (TPSA) is 50.8 Å². The molecule has 6 heteroatoms. The molecule has 27 heavy (non-hydrogen) atoms. The predicted molar refractivity (Wildman–Crippen MR) is 108 cm³/mol. The summed E-state index contributed by atoms with van der Waals surface area (Å²) in [6.07, 6.45) is 1.56. The number of thiocarbonyl (C=S) groups is 1. The number of hydrogen-bond donors (Lipinski definition) is 1. The Balaban J connectivity index is 1.86. The van der Waals surface area contributed by atoms with Gasteiger partial charge in [-0.3, -0.25) is 9.69 Å². The molecule has 2 aliphatic rings. The Bertz CT molecular complexity index is 901. The second kappa shape index (κ2) is 6.70. The highest BCUT2D eigenvalue weighted by atomic mass is 32.1. The fraction of sp³-hybridized carbons (Fsp3) is 0.238. The number of esters is 1. The van der Waals surface area contributed by atoms with Crippen LogP contribution in [0.1, 0.15) is 18.5 Å². The van der Waals surface area contributed by atoms with Crippen LogP contribution >= 0.6 is 12.2 Å². The standard InChI is InChI=1S/C21H20N2O3S/c1-3-13-25-19(24)17-18-15-11-7-8-12-16(15)26-21(17,2)23(20(27)22-18)14-9-5-4-6-10-14/h3-12,17-18H,1,13H2,2H3,(H,22,27)/t17-,18-,21-/m1/s1. The zero-order chi connectivity index (χ0) is 19.0. The van der Waals surface area contributed by atoms with Crippen molar-refractivity contribution < 1.29 is 14.3 Å². The van der Waals surface area contributed by atoms with Gasteiger partial charge in [-0.25, -0.2) is 0 Å². The Morgan fingerprint density at radius 1 is 1.30 bits per heavy atom. The maximum absolute atomic E-state index is 13.0. The molecule has 1 N–H and O–H groups in total. The quantitative estimate of drug-likeness (QED) is 0.497. The van der Waals surface area contributed by atoms with Crippen molar-refractivity contribution in [1.29, 1.82) is 0 Å². The molecule has 5 nitrogen and oxygen atoms in total. The first-order valence-corrected chi connectivity index (χ1v) is 9.18. The summed E-state index contributed by atoms with van der Waals surface area (Å²) in [6, 6.07) is 17.0. The molecule has 2 bridgehead atoms. The lowest BCUT2D eigenvalue weighted by molar-refractivity contribution is -0.159. The van der Waals surface area contributed by atoms with E-state index in [0.29, 0.717) is 5.11 Å². The van der Waals surface area contributed by atoms with Gasteiger partial charge in [-0.15, -0.1) is 0 Å². The van der Waals surface area contributed by atoms with Crippen molar-refractivity contribution >= 4 is 29.0 Å². The van der Waals surface area contributed by atoms with Crippen molar-refractivity contribution in [2.45, 2.75) is 18.7 Å². The zero-order valence-corrected chi connectivity index (χ0v) is 15.7. The molecule has 0 aromatic heterocycles. The van der Waals surface area contributed by atoms with Gasteiger partial charge >= 0.3 is 5.97 Å². The van der Waals surface area contributed by atoms with Gasteiger partial charge in [-0.2, -0.15) is 0 Å². The molecule has 3 atom stereocenters. The second-order valence-corrected chi connectivity index (χ2v) is 7.08. The maximum atomic E-state index is 13.0. The number of ether oxygens (including phenoxy) is 2. The summed E-state index contributed by atoms with van der Waals surface area (Å²) in [5, 5.41) is 3.85. The molecule has 2 heterocycles. The fourth-order valence-corrected chi connectivity index (χ4v) is 4.30. The van der Waals surface area contributed by atoms with Crippen molar-refractivity contribution in [3.8, 4) is 5.75 Å². The summed E-state index contributed by atoms with van der Waals surface area (Å²) in [4.78, 5) is 14.9. The van der Waals surface area contributed by atoms with E-state index in [1.807, 2.05) is 66.4 Å². The van der Waals surface area contributed by atoms with E-state index in [-0.39, 0.29) is 18.6 Å². The molecule has 0 aliphatic carbocycles. The van der Waals surface area contributed by atoms with Crippen LogP contribution in [0.15, 0.2) is 67.3 Å². The van der Waals surface area contributed by atoms with E-state index >= 15 is 0 Å². The third-order valence-electron chi connectivity index (χ3n) is 5.02. The van der Waals surface area contributed by atoms with Crippen LogP contribution in [0.5, 0.6) is 5.75 Å². The number of benzene rings is 2. The molecule has 138 valence electrons.